The quantitative estimate of drug-likeness (QED) is 0.264. The number of rotatable bonds is 5. The van der Waals surface area contributed by atoms with Crippen molar-refractivity contribution in [1.29, 1.82) is 0 Å². The number of esters is 1. The van der Waals surface area contributed by atoms with Gasteiger partial charge in [0.25, 0.3) is 11.7 Å². The van der Waals surface area contributed by atoms with Gasteiger partial charge in [0, 0.05) is 11.3 Å². The molecule has 1 unspecified atom stereocenters. The van der Waals surface area contributed by atoms with E-state index in [0.717, 1.165) is 12.1 Å². The van der Waals surface area contributed by atoms with Crippen LogP contribution in [-0.4, -0.2) is 37.0 Å². The molecule has 0 bridgehead atoms. The zero-order valence-corrected chi connectivity index (χ0v) is 18.3. The first-order chi connectivity index (χ1) is 16.3. The third-order valence-electron chi connectivity index (χ3n) is 5.56. The van der Waals surface area contributed by atoms with E-state index in [1.165, 1.54) is 55.5 Å². The molecule has 4 rings (SSSR count). The Balaban J connectivity index is 1.88. The molecule has 7 nitrogen and oxygen atoms in total. The Hall–Kier alpha value is -4.46. The van der Waals surface area contributed by atoms with Gasteiger partial charge in [0.2, 0.25) is 0 Å². The van der Waals surface area contributed by atoms with Crippen molar-refractivity contribution in [1.82, 2.24) is 0 Å². The van der Waals surface area contributed by atoms with Gasteiger partial charge in [-0.15, -0.1) is 0 Å². The largest absolute Gasteiger partial charge is 0.507 e. The predicted octanol–water partition coefficient (Wildman–Crippen LogP) is 4.25. The van der Waals surface area contributed by atoms with Crippen molar-refractivity contribution in [3.8, 4) is 5.75 Å². The number of amides is 1. The van der Waals surface area contributed by atoms with Gasteiger partial charge in [-0.3, -0.25) is 14.5 Å². The number of carbonyl (C=O) groups excluding carboxylic acids is 3. The zero-order valence-electron chi connectivity index (χ0n) is 18.3. The summed E-state index contributed by atoms with van der Waals surface area (Å²) < 4.78 is 23.3. The number of anilines is 1. The highest BCUT2D eigenvalue weighted by Gasteiger charge is 2.47. The van der Waals surface area contributed by atoms with Crippen LogP contribution in [0.3, 0.4) is 0 Å². The van der Waals surface area contributed by atoms with Gasteiger partial charge in [0.1, 0.15) is 17.3 Å². The van der Waals surface area contributed by atoms with E-state index in [0.29, 0.717) is 17.0 Å². The van der Waals surface area contributed by atoms with Crippen LogP contribution in [-0.2, 0) is 14.3 Å². The minimum atomic E-state index is -0.972. The molecule has 3 aromatic rings. The van der Waals surface area contributed by atoms with E-state index < -0.39 is 35.3 Å². The molecule has 1 amide bonds. The van der Waals surface area contributed by atoms with Crippen LogP contribution in [0.1, 0.15) is 27.5 Å². The van der Waals surface area contributed by atoms with Crippen LogP contribution < -0.4 is 9.64 Å². The minimum Gasteiger partial charge on any atom is -0.507 e. The summed E-state index contributed by atoms with van der Waals surface area (Å²) in [5.74, 6) is -2.64. The number of halogens is 1. The molecule has 1 aliphatic heterocycles. The smallest absolute Gasteiger partial charge is 0.337 e. The lowest BCUT2D eigenvalue weighted by molar-refractivity contribution is -0.132. The minimum absolute atomic E-state index is 0.140. The molecule has 0 aromatic heterocycles. The average Bonchev–Trinajstić information content (AvgIpc) is 3.14. The first-order valence-corrected chi connectivity index (χ1v) is 10.2. The highest BCUT2D eigenvalue weighted by atomic mass is 19.1. The van der Waals surface area contributed by atoms with E-state index >= 15 is 0 Å². The molecule has 8 heteroatoms. The van der Waals surface area contributed by atoms with Gasteiger partial charge < -0.3 is 14.6 Å². The summed E-state index contributed by atoms with van der Waals surface area (Å²) in [6, 6.07) is 16.7. The summed E-state index contributed by atoms with van der Waals surface area (Å²) in [4.78, 5) is 39.3. The molecule has 1 aliphatic rings. The lowest BCUT2D eigenvalue weighted by atomic mass is 9.95. The summed E-state index contributed by atoms with van der Waals surface area (Å²) in [5.41, 5.74) is 1.21. The average molecular weight is 461 g/mol. The molecule has 0 saturated carbocycles. The standard InChI is InChI=1S/C26H20FNO6/c1-33-20-13-7-15(8-14-20)22-21(23(29)16-3-9-18(27)10-4-16)24(30)25(31)28(22)19-11-5-17(6-12-19)26(32)34-2/h3-14,22,29H,1-2H3/b23-21+. The Bertz CT molecular complexity index is 1280. The van der Waals surface area contributed by atoms with Gasteiger partial charge in [0.15, 0.2) is 0 Å². The van der Waals surface area contributed by atoms with E-state index in [2.05, 4.69) is 0 Å². The number of hydrogen-bond acceptors (Lipinski definition) is 6. The lowest BCUT2D eigenvalue weighted by Gasteiger charge is -2.25. The fraction of sp³-hybridized carbons (Fsp3) is 0.115. The van der Waals surface area contributed by atoms with Crippen molar-refractivity contribution in [3.63, 3.8) is 0 Å². The molecular weight excluding hydrogens is 441 g/mol. The number of aliphatic hydroxyl groups excluding tert-OH is 1. The SMILES string of the molecule is COC(=O)c1ccc(N2C(=O)C(=O)/C(=C(/O)c3ccc(F)cc3)C2c2ccc(OC)cc2)cc1. The van der Waals surface area contributed by atoms with Crippen LogP contribution in [0.15, 0.2) is 78.4 Å². The number of methoxy groups -OCH3 is 2. The number of hydrogen-bond donors (Lipinski definition) is 1. The highest BCUT2D eigenvalue weighted by Crippen LogP contribution is 2.42. The number of Topliss-reactive ketones (excluding diaryl/α,β-unsaturated/α-hetero) is 1. The fourth-order valence-corrected chi connectivity index (χ4v) is 3.84. The number of ketones is 1. The number of benzene rings is 3. The number of ether oxygens (including phenoxy) is 2. The van der Waals surface area contributed by atoms with Crippen molar-refractivity contribution >= 4 is 29.1 Å². The first-order valence-electron chi connectivity index (χ1n) is 10.2. The van der Waals surface area contributed by atoms with Crippen molar-refractivity contribution < 1.29 is 33.4 Å². The summed E-state index contributed by atoms with van der Waals surface area (Å²) >= 11 is 0. The summed E-state index contributed by atoms with van der Waals surface area (Å²) in [5, 5.41) is 11.0. The van der Waals surface area contributed by atoms with Crippen LogP contribution in [0.4, 0.5) is 10.1 Å². The lowest BCUT2D eigenvalue weighted by Crippen LogP contribution is -2.29. The molecule has 0 spiro atoms. The molecule has 172 valence electrons. The maximum atomic E-state index is 13.4. The highest BCUT2D eigenvalue weighted by molar-refractivity contribution is 6.51. The van der Waals surface area contributed by atoms with Crippen LogP contribution in [0.5, 0.6) is 5.75 Å². The van der Waals surface area contributed by atoms with Crippen LogP contribution in [0.25, 0.3) is 5.76 Å². The Morgan fingerprint density at radius 3 is 2.03 bits per heavy atom. The summed E-state index contributed by atoms with van der Waals surface area (Å²) in [6.07, 6.45) is 0. The van der Waals surface area contributed by atoms with Crippen LogP contribution >= 0.6 is 0 Å². The Kier molecular flexibility index (Phi) is 6.14. The van der Waals surface area contributed by atoms with E-state index in [9.17, 15) is 23.9 Å². The van der Waals surface area contributed by atoms with Crippen LogP contribution in [0.2, 0.25) is 0 Å². The number of aliphatic hydroxyl groups is 1. The Morgan fingerprint density at radius 1 is 0.882 bits per heavy atom. The topological polar surface area (TPSA) is 93.1 Å². The van der Waals surface area contributed by atoms with E-state index in [1.807, 2.05) is 0 Å². The maximum Gasteiger partial charge on any atom is 0.337 e. The number of nitrogens with zero attached hydrogens (tertiary/aromatic N) is 1. The third-order valence-corrected chi connectivity index (χ3v) is 5.56. The molecule has 1 atom stereocenters. The fourth-order valence-electron chi connectivity index (χ4n) is 3.84. The normalized spacial score (nSPS) is 17.0. The molecular formula is C26H20FNO6. The van der Waals surface area contributed by atoms with Gasteiger partial charge in [-0.25, -0.2) is 9.18 Å². The molecule has 1 N–H and O–H groups in total. The molecule has 1 heterocycles. The second-order valence-corrected chi connectivity index (χ2v) is 7.49. The van der Waals surface area contributed by atoms with Gasteiger partial charge in [-0.2, -0.15) is 0 Å². The van der Waals surface area contributed by atoms with Gasteiger partial charge >= 0.3 is 5.97 Å². The van der Waals surface area contributed by atoms with Crippen molar-refractivity contribution in [3.05, 3.63) is 101 Å². The summed E-state index contributed by atoms with van der Waals surface area (Å²) in [6.45, 7) is 0. The molecule has 3 aromatic carbocycles. The first kappa shape index (κ1) is 22.7. The van der Waals surface area contributed by atoms with E-state index in [1.54, 1.807) is 24.3 Å². The molecule has 1 saturated heterocycles. The van der Waals surface area contributed by atoms with E-state index in [4.69, 9.17) is 9.47 Å². The summed E-state index contributed by atoms with van der Waals surface area (Å²) in [7, 11) is 2.77. The van der Waals surface area contributed by atoms with Gasteiger partial charge in [-0.05, 0) is 66.2 Å². The zero-order chi connectivity index (χ0) is 24.4. The van der Waals surface area contributed by atoms with Crippen molar-refractivity contribution in [2.24, 2.45) is 0 Å². The van der Waals surface area contributed by atoms with Gasteiger partial charge in [-0.1, -0.05) is 12.1 Å². The second kappa shape index (κ2) is 9.19. The van der Waals surface area contributed by atoms with Crippen molar-refractivity contribution in [2.75, 3.05) is 19.1 Å². The maximum absolute atomic E-state index is 13.4. The van der Waals surface area contributed by atoms with E-state index in [-0.39, 0.29) is 16.7 Å². The third kappa shape index (κ3) is 4.01. The molecule has 1 fully saturated rings. The Morgan fingerprint density at radius 2 is 1.47 bits per heavy atom. The van der Waals surface area contributed by atoms with Crippen molar-refractivity contribution in [2.45, 2.75) is 6.04 Å². The Labute approximate surface area is 194 Å². The monoisotopic (exact) mass is 461 g/mol. The number of carbonyl (C=O) groups is 3. The van der Waals surface area contributed by atoms with Gasteiger partial charge in [0.05, 0.1) is 31.4 Å². The molecule has 0 radical (unpaired) electrons. The second-order valence-electron chi connectivity index (χ2n) is 7.49. The molecule has 0 aliphatic carbocycles. The predicted molar refractivity (Wildman–Crippen MR) is 122 cm³/mol. The molecule has 34 heavy (non-hydrogen) atoms. The van der Waals surface area contributed by atoms with Crippen LogP contribution in [0, 0.1) is 5.82 Å².